The Labute approximate surface area is 134 Å². The predicted molar refractivity (Wildman–Crippen MR) is 89.9 cm³/mol. The van der Waals surface area contributed by atoms with Gasteiger partial charge < -0.3 is 14.8 Å². The Kier molecular flexibility index (Phi) is 4.35. The first-order chi connectivity index (χ1) is 10.6. The molecule has 3 heteroatoms. The number of hydrogen-bond acceptors (Lipinski definition) is 3. The van der Waals surface area contributed by atoms with Crippen LogP contribution in [0.4, 0.5) is 0 Å². The van der Waals surface area contributed by atoms with Gasteiger partial charge in [0.2, 0.25) is 0 Å². The molecule has 0 amide bonds. The molecule has 1 aromatic carbocycles. The standard InChI is InChI=1S/C19H29NO2/c1-13(2)18-14-10-16(21-3)17(22-4)11-15(14)19(12-20-18)8-6-5-7-9-19/h10-11,13,18,20H,5-9,12H2,1-4H3. The van der Waals surface area contributed by atoms with E-state index in [0.717, 1.165) is 18.0 Å². The zero-order valence-corrected chi connectivity index (χ0v) is 14.4. The van der Waals surface area contributed by atoms with Crippen molar-refractivity contribution in [3.63, 3.8) is 0 Å². The summed E-state index contributed by atoms with van der Waals surface area (Å²) in [6.07, 6.45) is 6.61. The topological polar surface area (TPSA) is 30.5 Å². The third-order valence-corrected chi connectivity index (χ3v) is 5.60. The maximum Gasteiger partial charge on any atom is 0.161 e. The van der Waals surface area contributed by atoms with Crippen LogP contribution in [0.1, 0.15) is 63.1 Å². The van der Waals surface area contributed by atoms with Gasteiger partial charge in [0.25, 0.3) is 0 Å². The number of hydrogen-bond donors (Lipinski definition) is 1. The normalized spacial score (nSPS) is 23.4. The lowest BCUT2D eigenvalue weighted by Gasteiger charge is -2.46. The summed E-state index contributed by atoms with van der Waals surface area (Å²) in [7, 11) is 3.46. The molecule has 1 heterocycles. The van der Waals surface area contributed by atoms with E-state index < -0.39 is 0 Å². The van der Waals surface area contributed by atoms with Crippen LogP contribution in [0.2, 0.25) is 0 Å². The summed E-state index contributed by atoms with van der Waals surface area (Å²) in [5, 5.41) is 3.83. The van der Waals surface area contributed by atoms with Gasteiger partial charge in [-0.25, -0.2) is 0 Å². The molecular weight excluding hydrogens is 274 g/mol. The molecule has 1 unspecified atom stereocenters. The fourth-order valence-corrected chi connectivity index (χ4v) is 4.39. The van der Waals surface area contributed by atoms with Crippen LogP contribution in [0.3, 0.4) is 0 Å². The third kappa shape index (κ3) is 2.50. The highest BCUT2D eigenvalue weighted by atomic mass is 16.5. The largest absolute Gasteiger partial charge is 0.493 e. The summed E-state index contributed by atoms with van der Waals surface area (Å²) in [5.41, 5.74) is 3.21. The summed E-state index contributed by atoms with van der Waals surface area (Å²) in [4.78, 5) is 0. The van der Waals surface area contributed by atoms with Gasteiger partial charge in [0.05, 0.1) is 14.2 Å². The molecule has 1 aromatic rings. The first-order valence-corrected chi connectivity index (χ1v) is 8.61. The van der Waals surface area contributed by atoms with Crippen LogP contribution in [-0.4, -0.2) is 20.8 Å². The molecule has 22 heavy (non-hydrogen) atoms. The average molecular weight is 303 g/mol. The SMILES string of the molecule is COc1cc2c(cc1OC)C1(CCCCC1)CNC2C(C)C. The van der Waals surface area contributed by atoms with Crippen molar-refractivity contribution >= 4 is 0 Å². The quantitative estimate of drug-likeness (QED) is 0.907. The molecule has 1 atom stereocenters. The maximum absolute atomic E-state index is 5.59. The Morgan fingerprint density at radius 3 is 2.27 bits per heavy atom. The van der Waals surface area contributed by atoms with Crippen LogP contribution < -0.4 is 14.8 Å². The fraction of sp³-hybridized carbons (Fsp3) is 0.684. The van der Waals surface area contributed by atoms with Gasteiger partial charge in [-0.3, -0.25) is 0 Å². The lowest BCUT2D eigenvalue weighted by atomic mass is 9.64. The number of ether oxygens (including phenoxy) is 2. The van der Waals surface area contributed by atoms with Gasteiger partial charge in [0.15, 0.2) is 11.5 Å². The summed E-state index contributed by atoms with van der Waals surface area (Å²) in [6.45, 7) is 5.67. The summed E-state index contributed by atoms with van der Waals surface area (Å²) in [5.74, 6) is 2.29. The van der Waals surface area contributed by atoms with Gasteiger partial charge in [-0.1, -0.05) is 33.1 Å². The van der Waals surface area contributed by atoms with Crippen molar-refractivity contribution in [3.05, 3.63) is 23.3 Å². The summed E-state index contributed by atoms with van der Waals surface area (Å²) < 4.78 is 11.1. The fourth-order valence-electron chi connectivity index (χ4n) is 4.39. The molecule has 1 aliphatic heterocycles. The number of nitrogens with one attached hydrogen (secondary N) is 1. The molecule has 1 aliphatic carbocycles. The summed E-state index contributed by atoms with van der Waals surface area (Å²) in [6, 6.07) is 4.87. The minimum atomic E-state index is 0.290. The zero-order chi connectivity index (χ0) is 15.7. The zero-order valence-electron chi connectivity index (χ0n) is 14.4. The van der Waals surface area contributed by atoms with Crippen molar-refractivity contribution in [2.24, 2.45) is 5.92 Å². The van der Waals surface area contributed by atoms with Crippen LogP contribution in [-0.2, 0) is 5.41 Å². The number of rotatable bonds is 3. The van der Waals surface area contributed by atoms with E-state index in [1.807, 2.05) is 0 Å². The van der Waals surface area contributed by atoms with Gasteiger partial charge in [-0.2, -0.15) is 0 Å². The van der Waals surface area contributed by atoms with Gasteiger partial charge >= 0.3 is 0 Å². The second-order valence-electron chi connectivity index (χ2n) is 7.24. The van der Waals surface area contributed by atoms with Gasteiger partial charge in [0, 0.05) is 18.0 Å². The van der Waals surface area contributed by atoms with Gasteiger partial charge in [-0.05, 0) is 42.0 Å². The summed E-state index contributed by atoms with van der Waals surface area (Å²) >= 11 is 0. The molecule has 1 saturated carbocycles. The van der Waals surface area contributed by atoms with Gasteiger partial charge in [-0.15, -0.1) is 0 Å². The minimum Gasteiger partial charge on any atom is -0.493 e. The van der Waals surface area contributed by atoms with E-state index in [0.29, 0.717) is 17.4 Å². The molecule has 3 nitrogen and oxygen atoms in total. The van der Waals surface area contributed by atoms with E-state index in [4.69, 9.17) is 9.47 Å². The highest BCUT2D eigenvalue weighted by Crippen LogP contribution is 2.49. The highest BCUT2D eigenvalue weighted by molar-refractivity contribution is 5.52. The van der Waals surface area contributed by atoms with Crippen LogP contribution in [0, 0.1) is 5.92 Å². The van der Waals surface area contributed by atoms with E-state index >= 15 is 0 Å². The molecule has 1 fully saturated rings. The van der Waals surface area contributed by atoms with E-state index in [2.05, 4.69) is 31.3 Å². The van der Waals surface area contributed by atoms with Crippen LogP contribution in [0.5, 0.6) is 11.5 Å². The smallest absolute Gasteiger partial charge is 0.161 e. The number of fused-ring (bicyclic) bond motifs is 2. The van der Waals surface area contributed by atoms with Crippen molar-refractivity contribution < 1.29 is 9.47 Å². The van der Waals surface area contributed by atoms with Crippen LogP contribution >= 0.6 is 0 Å². The Morgan fingerprint density at radius 1 is 1.05 bits per heavy atom. The Hall–Kier alpha value is -1.22. The van der Waals surface area contributed by atoms with Crippen molar-refractivity contribution in [2.45, 2.75) is 57.4 Å². The first kappa shape index (κ1) is 15.7. The molecule has 2 aliphatic rings. The van der Waals surface area contributed by atoms with Gasteiger partial charge in [0.1, 0.15) is 0 Å². The lowest BCUT2D eigenvalue weighted by Crippen LogP contribution is -2.47. The molecule has 0 radical (unpaired) electrons. The molecule has 1 spiro atoms. The monoisotopic (exact) mass is 303 g/mol. The van der Waals surface area contributed by atoms with E-state index in [9.17, 15) is 0 Å². The molecule has 0 bridgehead atoms. The van der Waals surface area contributed by atoms with E-state index in [1.54, 1.807) is 14.2 Å². The van der Waals surface area contributed by atoms with Crippen molar-refractivity contribution in [1.29, 1.82) is 0 Å². The molecule has 0 aromatic heterocycles. The molecule has 3 rings (SSSR count). The molecule has 1 N–H and O–H groups in total. The molecule has 0 saturated heterocycles. The second kappa shape index (κ2) is 6.11. The highest BCUT2D eigenvalue weighted by Gasteiger charge is 2.41. The lowest BCUT2D eigenvalue weighted by molar-refractivity contribution is 0.229. The Balaban J connectivity index is 2.14. The van der Waals surface area contributed by atoms with E-state index in [1.165, 1.54) is 43.2 Å². The molecular formula is C19H29NO2. The second-order valence-corrected chi connectivity index (χ2v) is 7.24. The Bertz CT molecular complexity index is 532. The van der Waals surface area contributed by atoms with Crippen molar-refractivity contribution in [1.82, 2.24) is 5.32 Å². The average Bonchev–Trinajstić information content (AvgIpc) is 2.54. The third-order valence-electron chi connectivity index (χ3n) is 5.60. The number of benzene rings is 1. The maximum atomic E-state index is 5.59. The van der Waals surface area contributed by atoms with E-state index in [-0.39, 0.29) is 0 Å². The number of methoxy groups -OCH3 is 2. The molecule has 122 valence electrons. The first-order valence-electron chi connectivity index (χ1n) is 8.61. The Morgan fingerprint density at radius 2 is 1.68 bits per heavy atom. The minimum absolute atomic E-state index is 0.290. The van der Waals surface area contributed by atoms with Crippen LogP contribution in [0.15, 0.2) is 12.1 Å². The van der Waals surface area contributed by atoms with Crippen molar-refractivity contribution in [3.8, 4) is 11.5 Å². The predicted octanol–water partition coefficient (Wildman–Crippen LogP) is 4.21. The van der Waals surface area contributed by atoms with Crippen molar-refractivity contribution in [2.75, 3.05) is 20.8 Å². The van der Waals surface area contributed by atoms with Crippen LogP contribution in [0.25, 0.3) is 0 Å².